The lowest BCUT2D eigenvalue weighted by Crippen LogP contribution is -2.40. The molecule has 1 aliphatic heterocycles. The highest BCUT2D eigenvalue weighted by molar-refractivity contribution is 5.95. The number of benzene rings is 1. The molecule has 1 aliphatic carbocycles. The number of nitrogens with one attached hydrogen (secondary N) is 1. The van der Waals surface area contributed by atoms with Crippen LogP contribution in [0.3, 0.4) is 0 Å². The van der Waals surface area contributed by atoms with E-state index in [0.29, 0.717) is 17.4 Å². The molecule has 0 spiro atoms. The summed E-state index contributed by atoms with van der Waals surface area (Å²) in [6, 6.07) is 4.91. The number of aryl methyl sites for hydroxylation is 1. The van der Waals surface area contributed by atoms with E-state index in [4.69, 9.17) is 4.74 Å². The Morgan fingerprint density at radius 2 is 2.04 bits per heavy atom. The monoisotopic (exact) mass is 369 g/mol. The molecular weight excluding hydrogens is 346 g/mol. The number of esters is 1. The van der Waals surface area contributed by atoms with Gasteiger partial charge in [-0.3, -0.25) is 14.2 Å². The van der Waals surface area contributed by atoms with Gasteiger partial charge in [0.25, 0.3) is 11.5 Å². The van der Waals surface area contributed by atoms with Crippen LogP contribution in [0.25, 0.3) is 10.9 Å². The number of carbonyl (C=O) groups is 2. The molecule has 0 radical (unpaired) electrons. The van der Waals surface area contributed by atoms with Crippen molar-refractivity contribution >= 4 is 22.8 Å². The summed E-state index contributed by atoms with van der Waals surface area (Å²) in [5, 5.41) is 3.42. The minimum atomic E-state index is -0.868. The predicted octanol–water partition coefficient (Wildman–Crippen LogP) is 1.95. The van der Waals surface area contributed by atoms with Crippen LogP contribution >= 0.6 is 0 Å². The van der Waals surface area contributed by atoms with Crippen molar-refractivity contribution in [2.75, 3.05) is 0 Å². The molecule has 1 atom stereocenters. The molecule has 2 heterocycles. The second-order valence-corrected chi connectivity index (χ2v) is 7.36. The van der Waals surface area contributed by atoms with Gasteiger partial charge in [-0.1, -0.05) is 12.8 Å². The Morgan fingerprint density at radius 1 is 1.26 bits per heavy atom. The molecule has 0 bridgehead atoms. The number of amides is 1. The van der Waals surface area contributed by atoms with E-state index in [1.807, 2.05) is 0 Å². The Labute approximate surface area is 156 Å². The molecule has 27 heavy (non-hydrogen) atoms. The number of carbonyl (C=O) groups excluding carboxylic acids is 2. The van der Waals surface area contributed by atoms with E-state index >= 15 is 0 Å². The second-order valence-electron chi connectivity index (χ2n) is 7.36. The quantitative estimate of drug-likeness (QED) is 0.832. The van der Waals surface area contributed by atoms with E-state index in [-0.39, 0.29) is 23.1 Å². The first-order valence-corrected chi connectivity index (χ1v) is 9.58. The van der Waals surface area contributed by atoms with Gasteiger partial charge in [0, 0.05) is 19.0 Å². The van der Waals surface area contributed by atoms with E-state index in [1.54, 1.807) is 29.7 Å². The zero-order valence-electron chi connectivity index (χ0n) is 15.4. The summed E-state index contributed by atoms with van der Waals surface area (Å²) >= 11 is 0. The molecule has 0 unspecified atom stereocenters. The van der Waals surface area contributed by atoms with E-state index in [9.17, 15) is 14.4 Å². The van der Waals surface area contributed by atoms with E-state index in [1.165, 1.54) is 0 Å². The number of ether oxygens (including phenoxy) is 1. The predicted molar refractivity (Wildman–Crippen MR) is 99.6 cm³/mol. The molecule has 1 aromatic carbocycles. The van der Waals surface area contributed by atoms with Crippen molar-refractivity contribution in [1.82, 2.24) is 14.9 Å². The molecule has 1 N–H and O–H groups in total. The van der Waals surface area contributed by atoms with Crippen molar-refractivity contribution in [3.63, 3.8) is 0 Å². The van der Waals surface area contributed by atoms with Gasteiger partial charge >= 0.3 is 5.97 Å². The van der Waals surface area contributed by atoms with Crippen LogP contribution < -0.4 is 10.9 Å². The summed E-state index contributed by atoms with van der Waals surface area (Å²) in [5.41, 5.74) is 0.709. The van der Waals surface area contributed by atoms with E-state index in [0.717, 1.165) is 44.3 Å². The van der Waals surface area contributed by atoms with Gasteiger partial charge in [-0.25, -0.2) is 9.78 Å². The Bertz CT molecular complexity index is 960. The lowest BCUT2D eigenvalue weighted by atomic mass is 10.1. The van der Waals surface area contributed by atoms with Crippen molar-refractivity contribution in [3.8, 4) is 0 Å². The molecule has 7 nitrogen and oxygen atoms in total. The zero-order valence-corrected chi connectivity index (χ0v) is 15.4. The number of aromatic nitrogens is 2. The summed E-state index contributed by atoms with van der Waals surface area (Å²) in [4.78, 5) is 41.7. The van der Waals surface area contributed by atoms with Crippen LogP contribution in [0, 0.1) is 0 Å². The van der Waals surface area contributed by atoms with Crippen molar-refractivity contribution < 1.29 is 14.3 Å². The fourth-order valence-electron chi connectivity index (χ4n) is 3.88. The van der Waals surface area contributed by atoms with Crippen LogP contribution in [0.5, 0.6) is 0 Å². The van der Waals surface area contributed by atoms with Crippen LogP contribution in [0.15, 0.2) is 23.0 Å². The Hall–Kier alpha value is -2.70. The van der Waals surface area contributed by atoms with Crippen molar-refractivity contribution in [2.45, 2.75) is 64.1 Å². The average molecular weight is 369 g/mol. The third-order valence-electron chi connectivity index (χ3n) is 5.41. The van der Waals surface area contributed by atoms with Gasteiger partial charge in [-0.2, -0.15) is 0 Å². The first-order chi connectivity index (χ1) is 13.0. The minimum absolute atomic E-state index is 0.0725. The van der Waals surface area contributed by atoms with Crippen LogP contribution in [0.1, 0.15) is 55.2 Å². The number of hydrogen-bond donors (Lipinski definition) is 1. The normalized spacial score (nSPS) is 17.7. The maximum atomic E-state index is 12.5. The fraction of sp³-hybridized carbons (Fsp3) is 0.500. The Kier molecular flexibility index (Phi) is 4.68. The summed E-state index contributed by atoms with van der Waals surface area (Å²) < 4.78 is 7.01. The summed E-state index contributed by atoms with van der Waals surface area (Å²) in [6.07, 6.45) is 4.98. The zero-order chi connectivity index (χ0) is 19.0. The molecule has 1 saturated carbocycles. The van der Waals surface area contributed by atoms with Crippen molar-refractivity contribution in [3.05, 3.63) is 39.9 Å². The standard InChI is InChI=1S/C20H23N3O4/c1-12(18(24)21-14-5-2-3-6-14)27-20(26)13-8-9-15-16(11-13)22-17-7-4-10-23(17)19(15)25/h8-9,11-12,14H,2-7,10H2,1H3,(H,21,24)/t12-/m1/s1. The average Bonchev–Trinajstić information content (AvgIpc) is 3.33. The number of fused-ring (bicyclic) bond motifs is 2. The largest absolute Gasteiger partial charge is 0.449 e. The first-order valence-electron chi connectivity index (χ1n) is 9.58. The number of hydrogen-bond acceptors (Lipinski definition) is 5. The second kappa shape index (κ2) is 7.13. The van der Waals surface area contributed by atoms with E-state index < -0.39 is 12.1 Å². The number of nitrogens with zero attached hydrogens (tertiary/aromatic N) is 2. The molecule has 2 aliphatic rings. The molecular formula is C20H23N3O4. The third kappa shape index (κ3) is 3.46. The van der Waals surface area contributed by atoms with Gasteiger partial charge in [0.1, 0.15) is 5.82 Å². The Balaban J connectivity index is 1.50. The molecule has 1 amide bonds. The van der Waals surface area contributed by atoms with Gasteiger partial charge in [0.05, 0.1) is 16.5 Å². The summed E-state index contributed by atoms with van der Waals surface area (Å²) in [5.74, 6) is -0.110. The van der Waals surface area contributed by atoms with Gasteiger partial charge < -0.3 is 10.1 Å². The fourth-order valence-corrected chi connectivity index (χ4v) is 3.88. The van der Waals surface area contributed by atoms with Crippen LogP contribution in [-0.4, -0.2) is 33.6 Å². The molecule has 2 aromatic rings. The molecule has 142 valence electrons. The molecule has 7 heteroatoms. The lowest BCUT2D eigenvalue weighted by Gasteiger charge is -2.17. The van der Waals surface area contributed by atoms with Crippen molar-refractivity contribution in [1.29, 1.82) is 0 Å². The Morgan fingerprint density at radius 3 is 2.81 bits per heavy atom. The highest BCUT2D eigenvalue weighted by Crippen LogP contribution is 2.19. The van der Waals surface area contributed by atoms with E-state index in [2.05, 4.69) is 10.3 Å². The van der Waals surface area contributed by atoms with Gasteiger partial charge in [-0.05, 0) is 44.4 Å². The van der Waals surface area contributed by atoms with Gasteiger partial charge in [0.2, 0.25) is 0 Å². The molecule has 0 saturated heterocycles. The summed E-state index contributed by atoms with van der Waals surface area (Å²) in [6.45, 7) is 2.26. The smallest absolute Gasteiger partial charge is 0.338 e. The minimum Gasteiger partial charge on any atom is -0.449 e. The third-order valence-corrected chi connectivity index (χ3v) is 5.41. The molecule has 1 fully saturated rings. The maximum Gasteiger partial charge on any atom is 0.338 e. The topological polar surface area (TPSA) is 90.3 Å². The van der Waals surface area contributed by atoms with Crippen LogP contribution in [-0.2, 0) is 22.5 Å². The van der Waals surface area contributed by atoms with Crippen LogP contribution in [0.4, 0.5) is 0 Å². The summed E-state index contributed by atoms with van der Waals surface area (Å²) in [7, 11) is 0. The highest BCUT2D eigenvalue weighted by Gasteiger charge is 2.24. The van der Waals surface area contributed by atoms with Crippen molar-refractivity contribution in [2.24, 2.45) is 0 Å². The van der Waals surface area contributed by atoms with Gasteiger partial charge in [-0.15, -0.1) is 0 Å². The SMILES string of the molecule is C[C@@H](OC(=O)c1ccc2c(=O)n3c(nc2c1)CCC3)C(=O)NC1CCCC1. The van der Waals surface area contributed by atoms with Crippen LogP contribution in [0.2, 0.25) is 0 Å². The number of rotatable bonds is 4. The highest BCUT2D eigenvalue weighted by atomic mass is 16.5. The molecule has 4 rings (SSSR count). The maximum absolute atomic E-state index is 12.5. The van der Waals surface area contributed by atoms with Gasteiger partial charge in [0.15, 0.2) is 6.10 Å². The molecule has 1 aromatic heterocycles. The first kappa shape index (κ1) is 17.7. The lowest BCUT2D eigenvalue weighted by molar-refractivity contribution is -0.129.